The van der Waals surface area contributed by atoms with Gasteiger partial charge in [0.15, 0.2) is 0 Å². The second-order valence-electron chi connectivity index (χ2n) is 5.90. The maximum absolute atomic E-state index is 6.32. The number of epoxide rings is 1. The lowest BCUT2D eigenvalue weighted by Crippen LogP contribution is -2.59. The molecule has 20 heavy (non-hydrogen) atoms. The van der Waals surface area contributed by atoms with Crippen LogP contribution in [0.5, 0.6) is 0 Å². The van der Waals surface area contributed by atoms with Gasteiger partial charge < -0.3 is 18.3 Å². The van der Waals surface area contributed by atoms with E-state index in [1.165, 1.54) is 0 Å². The second kappa shape index (κ2) is 7.36. The van der Waals surface area contributed by atoms with Gasteiger partial charge in [0.2, 0.25) is 5.41 Å². The van der Waals surface area contributed by atoms with Crippen molar-refractivity contribution in [3.63, 3.8) is 0 Å². The van der Waals surface area contributed by atoms with Crippen LogP contribution in [0, 0.1) is 0 Å². The molecule has 1 aliphatic heterocycles. The zero-order valence-electron chi connectivity index (χ0n) is 14.2. The molecule has 0 radical (unpaired) electrons. The van der Waals surface area contributed by atoms with Crippen LogP contribution in [-0.2, 0) is 18.3 Å². The van der Waals surface area contributed by atoms with Crippen LogP contribution in [0.3, 0.4) is 0 Å². The molecule has 4 unspecified atom stereocenters. The molecule has 1 saturated heterocycles. The highest BCUT2D eigenvalue weighted by Crippen LogP contribution is 2.47. The topological polar surface area (TPSA) is 40.2 Å². The minimum absolute atomic E-state index is 0.0545. The third-order valence-electron chi connectivity index (χ3n) is 3.99. The summed E-state index contributed by atoms with van der Waals surface area (Å²) in [6, 6.07) is 0. The summed E-state index contributed by atoms with van der Waals surface area (Å²) in [5, 5.41) is 0. The molecule has 0 aromatic heterocycles. The Balaban J connectivity index is 2.90. The molecule has 0 spiro atoms. The first-order valence-electron chi connectivity index (χ1n) is 8.02. The van der Waals surface area contributed by atoms with Gasteiger partial charge in [-0.15, -0.1) is 0 Å². The number of hydrogen-bond donors (Lipinski definition) is 0. The van der Waals surface area contributed by atoms with Gasteiger partial charge in [-0.1, -0.05) is 20.8 Å². The average molecular weight is 305 g/mol. The van der Waals surface area contributed by atoms with E-state index in [0.717, 1.165) is 19.3 Å². The Labute approximate surface area is 125 Å². The summed E-state index contributed by atoms with van der Waals surface area (Å²) in [5.41, 5.74) is -0.629. The van der Waals surface area contributed by atoms with E-state index < -0.39 is 14.0 Å². The van der Waals surface area contributed by atoms with Gasteiger partial charge in [0.1, 0.15) is 6.10 Å². The predicted octanol–water partition coefficient (Wildman–Crippen LogP) is 3.77. The molecular weight excluding hydrogens is 272 g/mol. The van der Waals surface area contributed by atoms with Crippen molar-refractivity contribution in [3.05, 3.63) is 0 Å². The van der Waals surface area contributed by atoms with E-state index in [-0.39, 0.29) is 18.3 Å². The summed E-state index contributed by atoms with van der Waals surface area (Å²) >= 11 is 0. The van der Waals surface area contributed by atoms with Crippen molar-refractivity contribution in [3.8, 4) is 0 Å². The fraction of sp³-hybridized carbons (Fsp3) is 1.00. The third kappa shape index (κ3) is 3.83. The van der Waals surface area contributed by atoms with E-state index in [2.05, 4.69) is 41.2 Å². The molecule has 4 atom stereocenters. The Hall–Kier alpha value is 0.0569. The number of hydrogen-bond acceptors (Lipinski definition) is 4. The van der Waals surface area contributed by atoms with Crippen molar-refractivity contribution in [1.29, 1.82) is 0 Å². The first kappa shape index (κ1) is 18.1. The fourth-order valence-electron chi connectivity index (χ4n) is 2.37. The van der Waals surface area contributed by atoms with Gasteiger partial charge in [-0.3, -0.25) is 0 Å². The molecule has 1 fully saturated rings. The Morgan fingerprint density at radius 3 is 1.85 bits per heavy atom. The first-order chi connectivity index (χ1) is 9.35. The molecule has 0 saturated carbocycles. The molecule has 0 bridgehead atoms. The van der Waals surface area contributed by atoms with Crippen molar-refractivity contribution in [1.82, 2.24) is 0 Å². The summed E-state index contributed by atoms with van der Waals surface area (Å²) in [6.45, 7) is 15.3. The van der Waals surface area contributed by atoms with Crippen LogP contribution in [0.2, 0.25) is 6.55 Å². The summed E-state index contributed by atoms with van der Waals surface area (Å²) in [6.07, 6.45) is 3.27. The van der Waals surface area contributed by atoms with Crippen LogP contribution in [-0.4, -0.2) is 38.9 Å². The van der Waals surface area contributed by atoms with Gasteiger partial charge in [-0.25, -0.2) is 0 Å². The van der Waals surface area contributed by atoms with E-state index in [1.807, 2.05) is 6.92 Å². The highest BCUT2D eigenvalue weighted by atomic mass is 28.4. The van der Waals surface area contributed by atoms with E-state index >= 15 is 0 Å². The molecule has 0 amide bonds. The van der Waals surface area contributed by atoms with Crippen molar-refractivity contribution < 1.29 is 18.3 Å². The lowest BCUT2D eigenvalue weighted by atomic mass is 10.3. The van der Waals surface area contributed by atoms with Crippen LogP contribution >= 0.6 is 0 Å². The number of rotatable bonds is 10. The van der Waals surface area contributed by atoms with E-state index in [9.17, 15) is 0 Å². The molecule has 120 valence electrons. The van der Waals surface area contributed by atoms with Crippen molar-refractivity contribution in [2.24, 2.45) is 0 Å². The SMILES string of the molecule is CCCOC1([Si](C)(OC(C)CC)OC(C)CC)OC1C. The Morgan fingerprint density at radius 2 is 1.55 bits per heavy atom. The first-order valence-corrected chi connectivity index (χ1v) is 10.3. The molecule has 1 heterocycles. The largest absolute Gasteiger partial charge is 0.400 e. The van der Waals surface area contributed by atoms with E-state index in [0.29, 0.717) is 6.61 Å². The van der Waals surface area contributed by atoms with Crippen molar-refractivity contribution in [2.45, 2.75) is 91.1 Å². The van der Waals surface area contributed by atoms with Crippen LogP contribution < -0.4 is 0 Å². The van der Waals surface area contributed by atoms with Crippen LogP contribution in [0.25, 0.3) is 0 Å². The minimum atomic E-state index is -2.58. The number of ether oxygens (including phenoxy) is 2. The van der Waals surface area contributed by atoms with Gasteiger partial charge in [-0.2, -0.15) is 0 Å². The molecular formula is C15H32O4Si. The lowest BCUT2D eigenvalue weighted by molar-refractivity contribution is -0.0456. The molecule has 5 heteroatoms. The zero-order chi connectivity index (χ0) is 15.4. The van der Waals surface area contributed by atoms with Crippen molar-refractivity contribution in [2.75, 3.05) is 6.61 Å². The van der Waals surface area contributed by atoms with Gasteiger partial charge in [0, 0.05) is 18.8 Å². The van der Waals surface area contributed by atoms with Crippen molar-refractivity contribution >= 4 is 8.56 Å². The molecule has 1 rings (SSSR count). The van der Waals surface area contributed by atoms with Crippen LogP contribution in [0.15, 0.2) is 0 Å². The average Bonchev–Trinajstić information content (AvgIpc) is 3.08. The Kier molecular flexibility index (Phi) is 6.66. The lowest BCUT2D eigenvalue weighted by Gasteiger charge is -2.36. The highest BCUT2D eigenvalue weighted by Gasteiger charge is 2.72. The Morgan fingerprint density at radius 1 is 1.10 bits per heavy atom. The quantitative estimate of drug-likeness (QED) is 0.455. The maximum Gasteiger partial charge on any atom is 0.400 e. The summed E-state index contributed by atoms with van der Waals surface area (Å²) in [4.78, 5) is 0. The zero-order valence-corrected chi connectivity index (χ0v) is 15.2. The standard InChI is InChI=1S/C15H32O4Si/c1-8-11-16-15(14(6)17-15)20(7,18-12(4)9-2)19-13(5)10-3/h12-14H,8-11H2,1-7H3. The molecule has 0 aromatic rings. The van der Waals surface area contributed by atoms with E-state index in [4.69, 9.17) is 18.3 Å². The smallest absolute Gasteiger partial charge is 0.388 e. The monoisotopic (exact) mass is 304 g/mol. The molecule has 1 aliphatic rings. The molecule has 4 nitrogen and oxygen atoms in total. The van der Waals surface area contributed by atoms with Gasteiger partial charge in [-0.05, 0) is 46.6 Å². The second-order valence-corrected chi connectivity index (χ2v) is 8.95. The van der Waals surface area contributed by atoms with Gasteiger partial charge >= 0.3 is 8.56 Å². The molecule has 0 N–H and O–H groups in total. The van der Waals surface area contributed by atoms with E-state index in [1.54, 1.807) is 0 Å². The predicted molar refractivity (Wildman–Crippen MR) is 82.8 cm³/mol. The molecule has 0 aliphatic carbocycles. The summed E-state index contributed by atoms with van der Waals surface area (Å²) in [7, 11) is -2.58. The summed E-state index contributed by atoms with van der Waals surface area (Å²) < 4.78 is 24.5. The minimum Gasteiger partial charge on any atom is -0.388 e. The third-order valence-corrected chi connectivity index (χ3v) is 7.62. The highest BCUT2D eigenvalue weighted by molar-refractivity contribution is 6.69. The Bertz CT molecular complexity index is 288. The van der Waals surface area contributed by atoms with Gasteiger partial charge in [0.05, 0.1) is 0 Å². The van der Waals surface area contributed by atoms with Gasteiger partial charge in [0.25, 0.3) is 0 Å². The van der Waals surface area contributed by atoms with Crippen LogP contribution in [0.1, 0.15) is 60.8 Å². The fourth-order valence-corrected chi connectivity index (χ4v) is 6.11. The van der Waals surface area contributed by atoms with Crippen LogP contribution in [0.4, 0.5) is 0 Å². The molecule has 0 aromatic carbocycles. The normalized spacial score (nSPS) is 31.6. The maximum atomic E-state index is 6.32. The summed E-state index contributed by atoms with van der Waals surface area (Å²) in [5.74, 6) is 0.